The standard InChI is InChI=1S/C14H17NO5/c1-2-20-14(17)13-8-11(16)7-12(13)9-3-5-10(6-4-9)15(18)19/h3-6,11-13,16H,2,7-8H2,1H3. The molecule has 6 nitrogen and oxygen atoms in total. The van der Waals surface area contributed by atoms with Crippen molar-refractivity contribution in [2.75, 3.05) is 6.61 Å². The zero-order valence-corrected chi connectivity index (χ0v) is 11.2. The lowest BCUT2D eigenvalue weighted by Gasteiger charge is -2.17. The van der Waals surface area contributed by atoms with Gasteiger partial charge in [-0.25, -0.2) is 0 Å². The predicted octanol–water partition coefficient (Wildman–Crippen LogP) is 2.01. The lowest BCUT2D eigenvalue weighted by atomic mass is 9.89. The number of carbonyl (C=O) groups is 1. The van der Waals surface area contributed by atoms with Crippen LogP contribution in [-0.4, -0.2) is 28.7 Å². The van der Waals surface area contributed by atoms with E-state index in [0.29, 0.717) is 19.4 Å². The fourth-order valence-electron chi connectivity index (χ4n) is 2.73. The minimum absolute atomic E-state index is 0.0139. The Morgan fingerprint density at radius 2 is 2.05 bits per heavy atom. The van der Waals surface area contributed by atoms with Crippen LogP contribution in [0.2, 0.25) is 0 Å². The number of carbonyl (C=O) groups excluding carboxylic acids is 1. The van der Waals surface area contributed by atoms with E-state index in [2.05, 4.69) is 0 Å². The Morgan fingerprint density at radius 1 is 1.40 bits per heavy atom. The van der Waals surface area contributed by atoms with Crippen LogP contribution in [0.15, 0.2) is 24.3 Å². The molecule has 0 radical (unpaired) electrons. The van der Waals surface area contributed by atoms with Crippen LogP contribution in [0.5, 0.6) is 0 Å². The molecule has 6 heteroatoms. The van der Waals surface area contributed by atoms with Crippen molar-refractivity contribution in [1.29, 1.82) is 0 Å². The molecule has 3 unspecified atom stereocenters. The van der Waals surface area contributed by atoms with Crippen molar-refractivity contribution >= 4 is 11.7 Å². The fourth-order valence-corrected chi connectivity index (χ4v) is 2.73. The zero-order valence-electron chi connectivity index (χ0n) is 11.2. The average molecular weight is 279 g/mol. The van der Waals surface area contributed by atoms with Gasteiger partial charge in [0, 0.05) is 12.1 Å². The molecule has 1 fully saturated rings. The van der Waals surface area contributed by atoms with E-state index >= 15 is 0 Å². The van der Waals surface area contributed by atoms with E-state index in [1.807, 2.05) is 0 Å². The number of hydrogen-bond donors (Lipinski definition) is 1. The van der Waals surface area contributed by atoms with Gasteiger partial charge in [0.25, 0.3) is 5.69 Å². The number of aliphatic hydroxyl groups excluding tert-OH is 1. The van der Waals surface area contributed by atoms with Crippen LogP contribution < -0.4 is 0 Å². The summed E-state index contributed by atoms with van der Waals surface area (Å²) in [4.78, 5) is 22.1. The Hall–Kier alpha value is -1.95. The van der Waals surface area contributed by atoms with Gasteiger partial charge in [-0.1, -0.05) is 12.1 Å². The van der Waals surface area contributed by atoms with Crippen molar-refractivity contribution in [3.63, 3.8) is 0 Å². The van der Waals surface area contributed by atoms with Crippen molar-refractivity contribution in [2.45, 2.75) is 31.8 Å². The fraction of sp³-hybridized carbons (Fsp3) is 0.500. The molecule has 0 aliphatic heterocycles. The molecule has 20 heavy (non-hydrogen) atoms. The van der Waals surface area contributed by atoms with Crippen LogP contribution in [0.4, 0.5) is 5.69 Å². The molecule has 2 rings (SSSR count). The normalized spacial score (nSPS) is 25.4. The van der Waals surface area contributed by atoms with E-state index in [1.54, 1.807) is 19.1 Å². The second kappa shape index (κ2) is 6.00. The largest absolute Gasteiger partial charge is 0.466 e. The van der Waals surface area contributed by atoms with Gasteiger partial charge < -0.3 is 9.84 Å². The lowest BCUT2D eigenvalue weighted by Crippen LogP contribution is -2.20. The van der Waals surface area contributed by atoms with Crippen LogP contribution >= 0.6 is 0 Å². The minimum atomic E-state index is -0.537. The van der Waals surface area contributed by atoms with Crippen LogP contribution in [-0.2, 0) is 9.53 Å². The number of esters is 1. The molecule has 0 aromatic heterocycles. The molecule has 1 aromatic rings. The first-order valence-corrected chi connectivity index (χ1v) is 6.62. The van der Waals surface area contributed by atoms with E-state index < -0.39 is 11.0 Å². The number of rotatable bonds is 4. The molecular formula is C14H17NO5. The van der Waals surface area contributed by atoms with Crippen LogP contribution in [0, 0.1) is 16.0 Å². The smallest absolute Gasteiger partial charge is 0.309 e. The summed E-state index contributed by atoms with van der Waals surface area (Å²) in [6.45, 7) is 2.04. The maximum Gasteiger partial charge on any atom is 0.309 e. The summed E-state index contributed by atoms with van der Waals surface area (Å²) in [6.07, 6.45) is 0.312. The highest BCUT2D eigenvalue weighted by atomic mass is 16.6. The first-order chi connectivity index (χ1) is 9.52. The molecule has 1 saturated carbocycles. The topological polar surface area (TPSA) is 89.7 Å². The van der Waals surface area contributed by atoms with Crippen molar-refractivity contribution in [3.8, 4) is 0 Å². The van der Waals surface area contributed by atoms with Crippen LogP contribution in [0.3, 0.4) is 0 Å². The SMILES string of the molecule is CCOC(=O)C1CC(O)CC1c1ccc([N+](=O)[O-])cc1. The summed E-state index contributed by atoms with van der Waals surface area (Å²) >= 11 is 0. The number of ether oxygens (including phenoxy) is 1. The number of nitro benzene ring substituents is 1. The van der Waals surface area contributed by atoms with Gasteiger partial charge >= 0.3 is 5.97 Å². The molecule has 1 aliphatic rings. The summed E-state index contributed by atoms with van der Waals surface area (Å²) in [5.74, 6) is -0.844. The first kappa shape index (κ1) is 14.5. The molecular weight excluding hydrogens is 262 g/mol. The van der Waals surface area contributed by atoms with Crippen molar-refractivity contribution in [2.24, 2.45) is 5.92 Å². The Balaban J connectivity index is 2.20. The maximum atomic E-state index is 11.9. The number of non-ortho nitro benzene ring substituents is 1. The first-order valence-electron chi connectivity index (χ1n) is 6.62. The van der Waals surface area contributed by atoms with Gasteiger partial charge in [-0.2, -0.15) is 0 Å². The predicted molar refractivity (Wildman–Crippen MR) is 71.2 cm³/mol. The van der Waals surface area contributed by atoms with Gasteiger partial charge in [-0.15, -0.1) is 0 Å². The summed E-state index contributed by atoms with van der Waals surface area (Å²) in [5, 5.41) is 20.4. The van der Waals surface area contributed by atoms with Gasteiger partial charge in [-0.05, 0) is 31.2 Å². The van der Waals surface area contributed by atoms with E-state index in [9.17, 15) is 20.0 Å². The van der Waals surface area contributed by atoms with Gasteiger partial charge in [0.05, 0.1) is 23.6 Å². The Labute approximate surface area is 116 Å². The molecule has 1 aromatic carbocycles. The summed E-state index contributed by atoms with van der Waals surface area (Å²) in [6, 6.07) is 6.13. The Kier molecular flexibility index (Phi) is 4.34. The molecule has 1 N–H and O–H groups in total. The van der Waals surface area contributed by atoms with Crippen LogP contribution in [0.25, 0.3) is 0 Å². The highest BCUT2D eigenvalue weighted by Crippen LogP contribution is 2.40. The third-order valence-electron chi connectivity index (χ3n) is 3.66. The van der Waals surface area contributed by atoms with Crippen molar-refractivity contribution in [3.05, 3.63) is 39.9 Å². The second-order valence-corrected chi connectivity index (χ2v) is 4.94. The quantitative estimate of drug-likeness (QED) is 0.517. The van der Waals surface area contributed by atoms with Gasteiger partial charge in [0.2, 0.25) is 0 Å². The number of nitro groups is 1. The molecule has 108 valence electrons. The van der Waals surface area contributed by atoms with E-state index in [-0.39, 0.29) is 23.5 Å². The summed E-state index contributed by atoms with van der Waals surface area (Å²) in [7, 11) is 0. The molecule has 3 atom stereocenters. The second-order valence-electron chi connectivity index (χ2n) is 4.94. The molecule has 0 bridgehead atoms. The number of aliphatic hydroxyl groups is 1. The lowest BCUT2D eigenvalue weighted by molar-refractivity contribution is -0.384. The summed E-state index contributed by atoms with van der Waals surface area (Å²) in [5.41, 5.74) is 0.838. The molecule has 0 saturated heterocycles. The maximum absolute atomic E-state index is 11.9. The third kappa shape index (κ3) is 2.96. The van der Waals surface area contributed by atoms with E-state index in [0.717, 1.165) is 5.56 Å². The highest BCUT2D eigenvalue weighted by Gasteiger charge is 2.39. The average Bonchev–Trinajstić information content (AvgIpc) is 2.81. The van der Waals surface area contributed by atoms with E-state index in [4.69, 9.17) is 4.74 Å². The Morgan fingerprint density at radius 3 is 2.60 bits per heavy atom. The zero-order chi connectivity index (χ0) is 14.7. The number of hydrogen-bond acceptors (Lipinski definition) is 5. The van der Waals surface area contributed by atoms with Gasteiger partial charge in [0.15, 0.2) is 0 Å². The van der Waals surface area contributed by atoms with Gasteiger partial charge in [0.1, 0.15) is 0 Å². The van der Waals surface area contributed by atoms with Crippen LogP contribution in [0.1, 0.15) is 31.2 Å². The number of nitrogens with zero attached hydrogens (tertiary/aromatic N) is 1. The molecule has 0 spiro atoms. The summed E-state index contributed by atoms with van der Waals surface area (Å²) < 4.78 is 5.03. The minimum Gasteiger partial charge on any atom is -0.466 e. The van der Waals surface area contributed by atoms with Crippen molar-refractivity contribution < 1.29 is 19.6 Å². The molecule has 0 heterocycles. The monoisotopic (exact) mass is 279 g/mol. The van der Waals surface area contributed by atoms with E-state index in [1.165, 1.54) is 12.1 Å². The van der Waals surface area contributed by atoms with Gasteiger partial charge in [-0.3, -0.25) is 14.9 Å². The van der Waals surface area contributed by atoms with Crippen molar-refractivity contribution in [1.82, 2.24) is 0 Å². The molecule has 0 amide bonds. The number of benzene rings is 1. The molecule has 1 aliphatic carbocycles. The third-order valence-corrected chi connectivity index (χ3v) is 3.66. The Bertz CT molecular complexity index is 499. The highest BCUT2D eigenvalue weighted by molar-refractivity contribution is 5.74.